The highest BCUT2D eigenvalue weighted by atomic mass is 19.1. The van der Waals surface area contributed by atoms with Crippen molar-refractivity contribution in [2.24, 2.45) is 11.0 Å². The molecule has 1 aliphatic carbocycles. The van der Waals surface area contributed by atoms with Crippen LogP contribution in [0.2, 0.25) is 0 Å². The lowest BCUT2D eigenvalue weighted by atomic mass is 9.77. The van der Waals surface area contributed by atoms with Crippen molar-refractivity contribution in [2.75, 3.05) is 0 Å². The summed E-state index contributed by atoms with van der Waals surface area (Å²) in [6, 6.07) is 15.7. The lowest BCUT2D eigenvalue weighted by Crippen LogP contribution is -2.32. The van der Waals surface area contributed by atoms with Gasteiger partial charge >= 0.3 is 0 Å². The topological polar surface area (TPSA) is 45.6 Å². The van der Waals surface area contributed by atoms with Crippen LogP contribution >= 0.6 is 0 Å². The largest absolute Gasteiger partial charge is 0.276 e. The van der Waals surface area contributed by atoms with Gasteiger partial charge < -0.3 is 0 Å². The zero-order valence-corrected chi connectivity index (χ0v) is 17.3. The van der Waals surface area contributed by atoms with E-state index in [9.17, 15) is 13.6 Å². The summed E-state index contributed by atoms with van der Waals surface area (Å²) in [5.74, 6) is -0.841. The number of carbonyl (C=O) groups excluding carboxylic acids is 1. The van der Waals surface area contributed by atoms with Gasteiger partial charge in [-0.1, -0.05) is 24.3 Å². The van der Waals surface area contributed by atoms with Crippen LogP contribution in [-0.4, -0.2) is 21.6 Å². The minimum Gasteiger partial charge on any atom is -0.267 e. The van der Waals surface area contributed by atoms with Gasteiger partial charge in [0.2, 0.25) is 0 Å². The highest BCUT2D eigenvalue weighted by Crippen LogP contribution is 2.44. The number of rotatable bonds is 3. The first-order chi connectivity index (χ1) is 15.6. The van der Waals surface area contributed by atoms with Gasteiger partial charge in [-0.15, -0.1) is 0 Å². The summed E-state index contributed by atoms with van der Waals surface area (Å²) in [6.07, 6.45) is 7.82. The number of fused-ring (bicyclic) bond motifs is 1. The maximum absolute atomic E-state index is 13.6. The maximum atomic E-state index is 13.6. The summed E-state index contributed by atoms with van der Waals surface area (Å²) >= 11 is 0. The second-order valence-electron chi connectivity index (χ2n) is 8.09. The fraction of sp³-hybridized carbons (Fsp3) is 0.192. The summed E-state index contributed by atoms with van der Waals surface area (Å²) in [4.78, 5) is 17.5. The van der Waals surface area contributed by atoms with Crippen molar-refractivity contribution >= 4 is 17.7 Å². The van der Waals surface area contributed by atoms with Gasteiger partial charge in [0.05, 0.1) is 17.3 Å². The second kappa shape index (κ2) is 8.46. The molecule has 0 bridgehead atoms. The Bertz CT molecular complexity index is 1190. The van der Waals surface area contributed by atoms with Crippen molar-refractivity contribution in [3.05, 3.63) is 107 Å². The first kappa shape index (κ1) is 20.2. The monoisotopic (exact) mass is 429 g/mol. The van der Waals surface area contributed by atoms with Crippen LogP contribution in [-0.2, 0) is 0 Å². The van der Waals surface area contributed by atoms with E-state index in [1.807, 2.05) is 6.08 Å². The normalized spacial score (nSPS) is 21.4. The molecular weight excluding hydrogens is 408 g/mol. The highest BCUT2D eigenvalue weighted by molar-refractivity contribution is 6.09. The van der Waals surface area contributed by atoms with E-state index in [0.717, 1.165) is 41.7 Å². The molecule has 1 aliphatic heterocycles. The number of benzene rings is 2. The fourth-order valence-electron chi connectivity index (χ4n) is 4.54. The predicted octanol–water partition coefficient (Wildman–Crippen LogP) is 5.80. The molecule has 5 rings (SSSR count). The molecule has 0 spiro atoms. The van der Waals surface area contributed by atoms with Crippen molar-refractivity contribution in [3.8, 4) is 0 Å². The van der Waals surface area contributed by atoms with Crippen LogP contribution in [0.25, 0.3) is 6.08 Å². The van der Waals surface area contributed by atoms with Crippen LogP contribution < -0.4 is 0 Å². The molecule has 2 atom stereocenters. The number of aromatic nitrogens is 1. The van der Waals surface area contributed by atoms with Crippen molar-refractivity contribution < 1.29 is 13.6 Å². The Hall–Kier alpha value is -3.67. The first-order valence-electron chi connectivity index (χ1n) is 10.6. The molecule has 6 heteroatoms. The van der Waals surface area contributed by atoms with Gasteiger partial charge in [0.25, 0.3) is 5.91 Å². The van der Waals surface area contributed by atoms with Crippen LogP contribution in [0.3, 0.4) is 0 Å². The second-order valence-corrected chi connectivity index (χ2v) is 8.09. The molecule has 0 N–H and O–H groups in total. The Labute approximate surface area is 184 Å². The van der Waals surface area contributed by atoms with E-state index in [-0.39, 0.29) is 29.5 Å². The molecule has 2 unspecified atom stereocenters. The predicted molar refractivity (Wildman–Crippen MR) is 119 cm³/mol. The molecule has 1 aromatic heterocycles. The minimum atomic E-state index is -0.324. The molecule has 2 aromatic carbocycles. The number of allylic oxidation sites excluding steroid dienone is 1. The van der Waals surface area contributed by atoms with Crippen LogP contribution in [0.15, 0.2) is 83.7 Å². The van der Waals surface area contributed by atoms with Gasteiger partial charge in [0, 0.05) is 18.3 Å². The lowest BCUT2D eigenvalue weighted by molar-refractivity contribution is 0.0680. The van der Waals surface area contributed by atoms with Gasteiger partial charge in [0.1, 0.15) is 11.6 Å². The Morgan fingerprint density at radius 2 is 1.72 bits per heavy atom. The zero-order chi connectivity index (χ0) is 22.1. The molecule has 2 aliphatic rings. The average Bonchev–Trinajstić information content (AvgIpc) is 3.22. The molecule has 1 saturated carbocycles. The molecule has 32 heavy (non-hydrogen) atoms. The van der Waals surface area contributed by atoms with Gasteiger partial charge in [-0.2, -0.15) is 5.10 Å². The van der Waals surface area contributed by atoms with Crippen molar-refractivity contribution in [1.82, 2.24) is 9.99 Å². The Kier molecular flexibility index (Phi) is 5.35. The van der Waals surface area contributed by atoms with Crippen molar-refractivity contribution in [1.29, 1.82) is 0 Å². The molecule has 2 heterocycles. The summed E-state index contributed by atoms with van der Waals surface area (Å²) < 4.78 is 26.9. The van der Waals surface area contributed by atoms with E-state index in [1.54, 1.807) is 42.6 Å². The van der Waals surface area contributed by atoms with Gasteiger partial charge in [-0.05, 0) is 78.4 Å². The molecule has 0 saturated heterocycles. The third kappa shape index (κ3) is 3.84. The Morgan fingerprint density at radius 1 is 1.00 bits per heavy atom. The third-order valence-electron chi connectivity index (χ3n) is 6.04. The Balaban J connectivity index is 1.57. The number of halogens is 2. The van der Waals surface area contributed by atoms with E-state index >= 15 is 0 Å². The van der Waals surface area contributed by atoms with E-state index < -0.39 is 0 Å². The van der Waals surface area contributed by atoms with Crippen molar-refractivity contribution in [3.63, 3.8) is 0 Å². The maximum Gasteiger partial charge on any atom is 0.276 e. The molecule has 0 radical (unpaired) electrons. The average molecular weight is 429 g/mol. The summed E-state index contributed by atoms with van der Waals surface area (Å²) in [5, 5.41) is 6.32. The smallest absolute Gasteiger partial charge is 0.267 e. The lowest BCUT2D eigenvalue weighted by Gasteiger charge is -2.29. The van der Waals surface area contributed by atoms with E-state index in [0.29, 0.717) is 5.56 Å². The van der Waals surface area contributed by atoms with Crippen molar-refractivity contribution in [2.45, 2.75) is 25.3 Å². The Morgan fingerprint density at radius 3 is 2.41 bits per heavy atom. The minimum absolute atomic E-state index is 0.00142. The third-order valence-corrected chi connectivity index (χ3v) is 6.04. The molecule has 1 amide bonds. The van der Waals surface area contributed by atoms with Crippen LogP contribution in [0.4, 0.5) is 8.78 Å². The quantitative estimate of drug-likeness (QED) is 0.529. The van der Waals surface area contributed by atoms with Gasteiger partial charge in [0.15, 0.2) is 0 Å². The zero-order valence-electron chi connectivity index (χ0n) is 17.3. The molecule has 3 aromatic rings. The molecule has 4 nitrogen and oxygen atoms in total. The molecule has 160 valence electrons. The van der Waals surface area contributed by atoms with E-state index in [1.165, 1.54) is 35.5 Å². The van der Waals surface area contributed by atoms with Crippen LogP contribution in [0.5, 0.6) is 0 Å². The molecular formula is C26H21F2N3O. The summed E-state index contributed by atoms with van der Waals surface area (Å²) in [7, 11) is 0. The molecule has 1 fully saturated rings. The number of hydrazone groups is 1. The first-order valence-corrected chi connectivity index (χ1v) is 10.6. The number of hydrogen-bond donors (Lipinski definition) is 0. The van der Waals surface area contributed by atoms with E-state index in [4.69, 9.17) is 5.10 Å². The van der Waals surface area contributed by atoms with Gasteiger partial charge in [-0.25, -0.2) is 13.8 Å². The SMILES string of the molecule is O=C(c1cccnc1)N1N=C2/C(=C/c3ccc(F)cc3)CCCC2C1c1ccc(F)cc1. The number of hydrogen-bond acceptors (Lipinski definition) is 3. The van der Waals surface area contributed by atoms with Gasteiger partial charge in [-0.3, -0.25) is 9.78 Å². The number of carbonyl (C=O) groups is 1. The highest BCUT2D eigenvalue weighted by Gasteiger charge is 2.44. The van der Waals surface area contributed by atoms with E-state index in [2.05, 4.69) is 4.98 Å². The van der Waals surface area contributed by atoms with Crippen LogP contribution in [0, 0.1) is 17.6 Å². The standard InChI is InChI=1S/C26H21F2N3O/c27-21-10-6-17(7-11-21)15-19-3-1-5-23-24(19)30-31(26(32)20-4-2-14-29-16-20)25(23)18-8-12-22(28)13-9-18/h2,4,6-16,23,25H,1,3,5H2/b19-15+. The van der Waals surface area contributed by atoms with Crippen LogP contribution in [0.1, 0.15) is 46.8 Å². The fourth-order valence-corrected chi connectivity index (χ4v) is 4.54. The number of nitrogens with zero attached hydrogens (tertiary/aromatic N) is 3. The summed E-state index contributed by atoms with van der Waals surface area (Å²) in [5.41, 5.74) is 4.09. The number of amides is 1. The summed E-state index contributed by atoms with van der Waals surface area (Å²) in [6.45, 7) is 0. The number of pyridine rings is 1.